The van der Waals surface area contributed by atoms with Crippen molar-refractivity contribution in [2.75, 3.05) is 26.8 Å². The molecule has 0 radical (unpaired) electrons. The van der Waals surface area contributed by atoms with Gasteiger partial charge in [0.1, 0.15) is 6.61 Å². The van der Waals surface area contributed by atoms with Crippen molar-refractivity contribution in [1.82, 2.24) is 4.90 Å². The van der Waals surface area contributed by atoms with Gasteiger partial charge in [0.25, 0.3) is 0 Å². The molecule has 0 aliphatic rings. The summed E-state index contributed by atoms with van der Waals surface area (Å²) in [5, 5.41) is 0. The number of rotatable bonds is 8. The van der Waals surface area contributed by atoms with Crippen LogP contribution in [0.2, 0.25) is 0 Å². The Hall–Kier alpha value is -1.97. The largest absolute Gasteiger partial charge is 0.372 e. The van der Waals surface area contributed by atoms with E-state index in [0.29, 0.717) is 6.61 Å². The number of carbonyl (C=O) groups excluding carboxylic acids is 1. The van der Waals surface area contributed by atoms with Crippen LogP contribution in [0.15, 0.2) is 60.7 Å². The minimum absolute atomic E-state index is 0.0605. The number of benzene rings is 2. The number of nitrogens with zero attached hydrogens (tertiary/aromatic N) is 1. The summed E-state index contributed by atoms with van der Waals surface area (Å²) in [6.07, 6.45) is 0. The summed E-state index contributed by atoms with van der Waals surface area (Å²) >= 11 is 0. The van der Waals surface area contributed by atoms with Crippen LogP contribution in [0.4, 0.5) is 0 Å². The number of likely N-dealkylation sites (N-methyl/N-ethyl adjacent to an activating group) is 1. The van der Waals surface area contributed by atoms with E-state index in [0.717, 1.165) is 6.54 Å². The second-order valence-corrected chi connectivity index (χ2v) is 5.46. The molecule has 0 amide bonds. The first-order valence-electron chi connectivity index (χ1n) is 9.56. The van der Waals surface area contributed by atoms with Crippen molar-refractivity contribution < 1.29 is 9.53 Å². The first-order chi connectivity index (χ1) is 12.7. The Labute approximate surface area is 160 Å². The lowest BCUT2D eigenvalue weighted by molar-refractivity contribution is -0.121. The fourth-order valence-electron chi connectivity index (χ4n) is 2.53. The molecule has 3 nitrogen and oxygen atoms in total. The number of hydrogen-bond donors (Lipinski definition) is 0. The van der Waals surface area contributed by atoms with E-state index in [4.69, 9.17) is 4.74 Å². The quantitative estimate of drug-likeness (QED) is 0.595. The third-order valence-corrected chi connectivity index (χ3v) is 3.57. The highest BCUT2D eigenvalue weighted by Crippen LogP contribution is 2.27. The van der Waals surface area contributed by atoms with E-state index < -0.39 is 0 Å². The fraction of sp³-hybridized carbons (Fsp3) is 0.435. The van der Waals surface area contributed by atoms with Crippen LogP contribution in [0.1, 0.15) is 51.8 Å². The highest BCUT2D eigenvalue weighted by Gasteiger charge is 2.18. The molecule has 144 valence electrons. The second-order valence-electron chi connectivity index (χ2n) is 5.46. The van der Waals surface area contributed by atoms with E-state index in [1.54, 1.807) is 6.92 Å². The van der Waals surface area contributed by atoms with E-state index in [-0.39, 0.29) is 18.4 Å². The van der Waals surface area contributed by atoms with Crippen LogP contribution < -0.4 is 0 Å². The van der Waals surface area contributed by atoms with Crippen LogP contribution in [0.25, 0.3) is 0 Å². The molecule has 0 aromatic heterocycles. The van der Waals surface area contributed by atoms with Crippen LogP contribution in [-0.2, 0) is 9.53 Å². The Morgan fingerprint density at radius 1 is 0.885 bits per heavy atom. The zero-order valence-corrected chi connectivity index (χ0v) is 17.2. The van der Waals surface area contributed by atoms with E-state index in [2.05, 4.69) is 60.5 Å². The zero-order chi connectivity index (χ0) is 19.8. The molecule has 0 N–H and O–H groups in total. The van der Waals surface area contributed by atoms with Crippen molar-refractivity contribution in [1.29, 1.82) is 0 Å². The molecule has 0 aliphatic heterocycles. The number of hydrogen-bond acceptors (Lipinski definition) is 3. The highest BCUT2D eigenvalue weighted by atomic mass is 16.5. The first-order valence-corrected chi connectivity index (χ1v) is 9.56. The first kappa shape index (κ1) is 24.0. The predicted octanol–water partition coefficient (Wildman–Crippen LogP) is 5.37. The lowest BCUT2D eigenvalue weighted by atomic mass is 9.97. The van der Waals surface area contributed by atoms with Gasteiger partial charge in [0.05, 0.1) is 12.6 Å². The van der Waals surface area contributed by atoms with Crippen LogP contribution in [-0.4, -0.2) is 37.5 Å². The van der Waals surface area contributed by atoms with Crippen LogP contribution in [0.3, 0.4) is 0 Å². The summed E-state index contributed by atoms with van der Waals surface area (Å²) in [4.78, 5) is 13.2. The van der Waals surface area contributed by atoms with Crippen molar-refractivity contribution in [3.05, 3.63) is 71.8 Å². The molecular formula is C23H35NO2. The number of Topliss-reactive ketones (excluding diaryl/α,β-unsaturated/α-hetero) is 1. The molecule has 0 heterocycles. The third-order valence-electron chi connectivity index (χ3n) is 3.57. The topological polar surface area (TPSA) is 29.5 Å². The molecule has 2 aromatic rings. The van der Waals surface area contributed by atoms with Crippen LogP contribution >= 0.6 is 0 Å². The molecule has 0 spiro atoms. The van der Waals surface area contributed by atoms with E-state index in [9.17, 15) is 4.79 Å². The van der Waals surface area contributed by atoms with Gasteiger partial charge in [-0.3, -0.25) is 9.69 Å². The molecule has 2 rings (SSSR count). The fourth-order valence-corrected chi connectivity index (χ4v) is 2.53. The smallest absolute Gasteiger partial charge is 0.155 e. The van der Waals surface area contributed by atoms with Gasteiger partial charge in [0, 0.05) is 6.54 Å². The summed E-state index contributed by atoms with van der Waals surface area (Å²) in [7, 11) is 2.09. The Kier molecular flexibility index (Phi) is 14.1. The van der Waals surface area contributed by atoms with Crippen LogP contribution in [0, 0.1) is 0 Å². The van der Waals surface area contributed by atoms with Gasteiger partial charge in [0.15, 0.2) is 5.78 Å². The third kappa shape index (κ3) is 8.93. The van der Waals surface area contributed by atoms with Gasteiger partial charge in [-0.05, 0) is 25.1 Å². The van der Waals surface area contributed by atoms with Crippen molar-refractivity contribution in [2.24, 2.45) is 0 Å². The summed E-state index contributed by atoms with van der Waals surface area (Å²) in [6, 6.07) is 21.1. The number of carbonyl (C=O) groups is 1. The molecule has 0 bridgehead atoms. The van der Waals surface area contributed by atoms with Gasteiger partial charge in [-0.25, -0.2) is 0 Å². The monoisotopic (exact) mass is 357 g/mol. The number of ether oxygens (including phenoxy) is 1. The van der Waals surface area contributed by atoms with Crippen molar-refractivity contribution in [3.8, 4) is 0 Å². The molecule has 0 saturated carbocycles. The maximum atomic E-state index is 10.9. The van der Waals surface area contributed by atoms with Crippen molar-refractivity contribution in [2.45, 2.75) is 40.7 Å². The average Bonchev–Trinajstić information content (AvgIpc) is 2.70. The van der Waals surface area contributed by atoms with Gasteiger partial charge < -0.3 is 4.74 Å². The summed E-state index contributed by atoms with van der Waals surface area (Å²) in [6.45, 7) is 11.0. The van der Waals surface area contributed by atoms with Gasteiger partial charge in [0.2, 0.25) is 0 Å². The maximum absolute atomic E-state index is 10.9. The molecule has 0 fully saturated rings. The molecule has 0 saturated heterocycles. The van der Waals surface area contributed by atoms with Crippen molar-refractivity contribution >= 4 is 5.78 Å². The Bertz CT molecular complexity index is 530. The lowest BCUT2D eigenvalue weighted by Crippen LogP contribution is -2.29. The molecule has 26 heavy (non-hydrogen) atoms. The Morgan fingerprint density at radius 3 is 1.69 bits per heavy atom. The second kappa shape index (κ2) is 15.3. The minimum atomic E-state index is 0.0605. The zero-order valence-electron chi connectivity index (χ0n) is 17.2. The van der Waals surface area contributed by atoms with Crippen LogP contribution in [0.5, 0.6) is 0 Å². The molecule has 2 aromatic carbocycles. The van der Waals surface area contributed by atoms with E-state index in [1.165, 1.54) is 11.1 Å². The van der Waals surface area contributed by atoms with Gasteiger partial charge in [-0.2, -0.15) is 0 Å². The predicted molar refractivity (Wildman–Crippen MR) is 112 cm³/mol. The van der Waals surface area contributed by atoms with Gasteiger partial charge >= 0.3 is 0 Å². The van der Waals surface area contributed by atoms with Crippen molar-refractivity contribution in [3.63, 3.8) is 0 Å². The van der Waals surface area contributed by atoms with Gasteiger partial charge in [-0.15, -0.1) is 0 Å². The standard InChI is InChI=1S/C19H23NO2.2C2H6/c1-16(21)15-22-14-13-20(2)19(17-9-5-3-6-10-17)18-11-7-4-8-12-18;2*1-2/h3-12,19H,13-15H2,1-2H3;2*1-2H3. The van der Waals surface area contributed by atoms with E-state index in [1.807, 2.05) is 39.8 Å². The molecule has 0 unspecified atom stereocenters. The lowest BCUT2D eigenvalue weighted by Gasteiger charge is -2.29. The summed E-state index contributed by atoms with van der Waals surface area (Å²) in [5.41, 5.74) is 2.51. The maximum Gasteiger partial charge on any atom is 0.155 e. The average molecular weight is 358 g/mol. The van der Waals surface area contributed by atoms with E-state index >= 15 is 0 Å². The molecular weight excluding hydrogens is 322 g/mol. The summed E-state index contributed by atoms with van der Waals surface area (Å²) < 4.78 is 5.40. The van der Waals surface area contributed by atoms with Gasteiger partial charge in [-0.1, -0.05) is 88.4 Å². The Morgan fingerprint density at radius 2 is 1.31 bits per heavy atom. The molecule has 0 aliphatic carbocycles. The summed E-state index contributed by atoms with van der Waals surface area (Å²) in [5.74, 6) is 0.0605. The molecule has 3 heteroatoms. The Balaban J connectivity index is 0.00000146. The normalized spacial score (nSPS) is 9.85. The minimum Gasteiger partial charge on any atom is -0.372 e. The number of ketones is 1. The highest BCUT2D eigenvalue weighted by molar-refractivity contribution is 5.76. The molecule has 0 atom stereocenters. The SMILES string of the molecule is CC.CC.CC(=O)COCCN(C)C(c1ccccc1)c1ccccc1.